The largest absolute Gasteiger partial charge is 0.507 e. The van der Waals surface area contributed by atoms with Crippen LogP contribution in [0.4, 0.5) is 11.4 Å². The lowest BCUT2D eigenvalue weighted by Gasteiger charge is -2.26. The number of non-ortho nitro benzene ring substituents is 1. The Balaban J connectivity index is 1.93. The van der Waals surface area contributed by atoms with E-state index in [-0.39, 0.29) is 16.8 Å². The van der Waals surface area contributed by atoms with Crippen LogP contribution in [0.1, 0.15) is 24.1 Å². The van der Waals surface area contributed by atoms with E-state index in [4.69, 9.17) is 14.2 Å². The van der Waals surface area contributed by atoms with Crippen LogP contribution in [0.25, 0.3) is 5.76 Å². The third-order valence-electron chi connectivity index (χ3n) is 5.95. The molecule has 1 saturated heterocycles. The predicted molar refractivity (Wildman–Crippen MR) is 135 cm³/mol. The molecule has 1 atom stereocenters. The molecule has 1 fully saturated rings. The maximum atomic E-state index is 13.3. The number of nitro groups is 1. The third-order valence-corrected chi connectivity index (χ3v) is 5.95. The van der Waals surface area contributed by atoms with Crippen molar-refractivity contribution in [1.82, 2.24) is 0 Å². The van der Waals surface area contributed by atoms with E-state index in [9.17, 15) is 24.8 Å². The van der Waals surface area contributed by atoms with Crippen LogP contribution in [-0.2, 0) is 9.59 Å². The van der Waals surface area contributed by atoms with Crippen LogP contribution in [0, 0.1) is 10.1 Å². The van der Waals surface area contributed by atoms with Crippen LogP contribution in [0.3, 0.4) is 0 Å². The van der Waals surface area contributed by atoms with Crippen LogP contribution in [0.2, 0.25) is 0 Å². The normalized spacial score (nSPS) is 16.5. The van der Waals surface area contributed by atoms with Gasteiger partial charge in [0.25, 0.3) is 17.4 Å². The summed E-state index contributed by atoms with van der Waals surface area (Å²) < 4.78 is 16.3. The van der Waals surface area contributed by atoms with Gasteiger partial charge >= 0.3 is 0 Å². The number of benzene rings is 3. The van der Waals surface area contributed by atoms with E-state index < -0.39 is 28.4 Å². The van der Waals surface area contributed by atoms with Crippen LogP contribution >= 0.6 is 0 Å². The fraction of sp³-hybridized carbons (Fsp3) is 0.185. The molecule has 1 aliphatic rings. The lowest BCUT2D eigenvalue weighted by atomic mass is 9.94. The molecule has 1 amide bonds. The number of Topliss-reactive ketones (excluding diaryl/α,β-unsaturated/α-hetero) is 1. The van der Waals surface area contributed by atoms with Gasteiger partial charge in [0, 0.05) is 23.4 Å². The van der Waals surface area contributed by atoms with Crippen LogP contribution in [-0.4, -0.2) is 42.5 Å². The summed E-state index contributed by atoms with van der Waals surface area (Å²) in [5.41, 5.74) is 0.708. The molecule has 1 aliphatic heterocycles. The Morgan fingerprint density at radius 3 is 2.22 bits per heavy atom. The van der Waals surface area contributed by atoms with Gasteiger partial charge in [-0.3, -0.25) is 24.6 Å². The van der Waals surface area contributed by atoms with Gasteiger partial charge in [0.2, 0.25) is 0 Å². The number of nitro benzene ring substituents is 1. The summed E-state index contributed by atoms with van der Waals surface area (Å²) in [5.74, 6) is -0.771. The molecule has 3 aromatic carbocycles. The predicted octanol–water partition coefficient (Wildman–Crippen LogP) is 4.64. The third kappa shape index (κ3) is 4.68. The Morgan fingerprint density at radius 1 is 0.973 bits per heavy atom. The van der Waals surface area contributed by atoms with Gasteiger partial charge in [0.15, 0.2) is 11.5 Å². The number of anilines is 1. The molecule has 0 spiro atoms. The van der Waals surface area contributed by atoms with Crippen molar-refractivity contribution in [3.8, 4) is 17.2 Å². The average molecular weight is 504 g/mol. The van der Waals surface area contributed by atoms with Gasteiger partial charge in [-0.2, -0.15) is 0 Å². The fourth-order valence-corrected chi connectivity index (χ4v) is 4.19. The smallest absolute Gasteiger partial charge is 0.300 e. The van der Waals surface area contributed by atoms with Gasteiger partial charge in [-0.05, 0) is 61.0 Å². The average Bonchev–Trinajstić information content (AvgIpc) is 3.18. The van der Waals surface area contributed by atoms with Crippen LogP contribution in [0.15, 0.2) is 72.3 Å². The molecule has 3 aromatic rings. The van der Waals surface area contributed by atoms with Crippen molar-refractivity contribution in [2.45, 2.75) is 13.0 Å². The highest BCUT2D eigenvalue weighted by Gasteiger charge is 2.47. The lowest BCUT2D eigenvalue weighted by molar-refractivity contribution is -0.384. The highest BCUT2D eigenvalue weighted by atomic mass is 16.6. The Labute approximate surface area is 212 Å². The summed E-state index contributed by atoms with van der Waals surface area (Å²) in [7, 11) is 3.01. The number of amides is 1. The second-order valence-electron chi connectivity index (χ2n) is 8.01. The van der Waals surface area contributed by atoms with Gasteiger partial charge in [-0.25, -0.2) is 0 Å². The number of carbonyl (C=O) groups excluding carboxylic acids is 2. The summed E-state index contributed by atoms with van der Waals surface area (Å²) in [6, 6.07) is 15.6. The van der Waals surface area contributed by atoms with Crippen molar-refractivity contribution >= 4 is 28.8 Å². The second kappa shape index (κ2) is 10.4. The first-order valence-electron chi connectivity index (χ1n) is 11.3. The Morgan fingerprint density at radius 2 is 1.65 bits per heavy atom. The van der Waals surface area contributed by atoms with E-state index >= 15 is 0 Å². The molecule has 10 heteroatoms. The molecule has 0 bridgehead atoms. The highest BCUT2D eigenvalue weighted by Crippen LogP contribution is 2.44. The molecule has 4 rings (SSSR count). The van der Waals surface area contributed by atoms with Crippen molar-refractivity contribution in [2.75, 3.05) is 25.7 Å². The van der Waals surface area contributed by atoms with Gasteiger partial charge in [-0.15, -0.1) is 0 Å². The summed E-state index contributed by atoms with van der Waals surface area (Å²) in [6.07, 6.45) is 0. The summed E-state index contributed by atoms with van der Waals surface area (Å²) >= 11 is 0. The topological polar surface area (TPSA) is 128 Å². The lowest BCUT2D eigenvalue weighted by Crippen LogP contribution is -2.29. The van der Waals surface area contributed by atoms with E-state index in [1.807, 2.05) is 6.92 Å². The van der Waals surface area contributed by atoms with Crippen molar-refractivity contribution in [3.63, 3.8) is 0 Å². The molecule has 37 heavy (non-hydrogen) atoms. The number of aliphatic hydroxyl groups excluding tert-OH is 1. The SMILES string of the molecule is CCOc1cc(C2/C(=C(/O)c3ccc([N+](=O)[O-])cc3)C(=O)C(=O)N2c2ccc(OC)cc2)ccc1OC. The van der Waals surface area contributed by atoms with Crippen molar-refractivity contribution in [3.05, 3.63) is 93.5 Å². The molecular formula is C27H24N2O8. The Kier molecular flexibility index (Phi) is 7.10. The van der Waals surface area contributed by atoms with E-state index in [2.05, 4.69) is 0 Å². The molecule has 0 aromatic heterocycles. The fourth-order valence-electron chi connectivity index (χ4n) is 4.19. The van der Waals surface area contributed by atoms with Crippen molar-refractivity contribution in [1.29, 1.82) is 0 Å². The first-order valence-corrected chi connectivity index (χ1v) is 11.3. The number of nitrogens with zero attached hydrogens (tertiary/aromatic N) is 2. The zero-order valence-electron chi connectivity index (χ0n) is 20.3. The second-order valence-corrected chi connectivity index (χ2v) is 8.01. The summed E-state index contributed by atoms with van der Waals surface area (Å²) in [4.78, 5) is 38.4. The first-order chi connectivity index (χ1) is 17.8. The summed E-state index contributed by atoms with van der Waals surface area (Å²) in [6.45, 7) is 2.16. The maximum absolute atomic E-state index is 13.3. The van der Waals surface area contributed by atoms with E-state index in [0.717, 1.165) is 0 Å². The molecule has 1 heterocycles. The molecule has 1 unspecified atom stereocenters. The Hall–Kier alpha value is -4.86. The summed E-state index contributed by atoms with van der Waals surface area (Å²) in [5, 5.41) is 22.3. The molecular weight excluding hydrogens is 480 g/mol. The minimum absolute atomic E-state index is 0.155. The molecule has 190 valence electrons. The highest BCUT2D eigenvalue weighted by molar-refractivity contribution is 6.51. The van der Waals surface area contributed by atoms with Crippen LogP contribution in [0.5, 0.6) is 17.2 Å². The quantitative estimate of drug-likeness (QED) is 0.155. The van der Waals surface area contributed by atoms with Gasteiger partial charge in [-0.1, -0.05) is 6.07 Å². The molecule has 1 N–H and O–H groups in total. The standard InChI is InChI=1S/C27H24N2O8/c1-4-37-22-15-17(7-14-21(22)36-3)24-23(25(30)16-5-8-19(9-6-16)29(33)34)26(31)27(32)28(24)18-10-12-20(35-2)13-11-18/h5-15,24,30H,4H2,1-3H3/b25-23-. The number of aliphatic hydroxyl groups is 1. The van der Waals surface area contributed by atoms with Crippen LogP contribution < -0.4 is 19.1 Å². The number of ether oxygens (including phenoxy) is 3. The van der Waals surface area contributed by atoms with Gasteiger partial charge in [0.1, 0.15) is 11.5 Å². The van der Waals surface area contributed by atoms with Gasteiger partial charge < -0.3 is 19.3 Å². The molecule has 0 radical (unpaired) electrons. The van der Waals surface area contributed by atoms with E-state index in [1.54, 1.807) is 42.5 Å². The zero-order valence-corrected chi connectivity index (χ0v) is 20.3. The Bertz CT molecular complexity index is 1380. The maximum Gasteiger partial charge on any atom is 0.300 e. The number of hydrogen-bond donors (Lipinski definition) is 1. The molecule has 0 saturated carbocycles. The number of hydrogen-bond acceptors (Lipinski definition) is 8. The van der Waals surface area contributed by atoms with Crippen molar-refractivity contribution < 1.29 is 33.8 Å². The minimum atomic E-state index is -1.02. The zero-order chi connectivity index (χ0) is 26.7. The number of ketones is 1. The monoisotopic (exact) mass is 504 g/mol. The number of carbonyl (C=O) groups is 2. The molecule has 10 nitrogen and oxygen atoms in total. The first kappa shape index (κ1) is 25.2. The van der Waals surface area contributed by atoms with E-state index in [0.29, 0.717) is 35.1 Å². The number of rotatable bonds is 8. The van der Waals surface area contributed by atoms with Crippen molar-refractivity contribution in [2.24, 2.45) is 0 Å². The number of methoxy groups -OCH3 is 2. The van der Waals surface area contributed by atoms with E-state index in [1.165, 1.54) is 43.4 Å². The van der Waals surface area contributed by atoms with Gasteiger partial charge in [0.05, 0.1) is 37.4 Å². The minimum Gasteiger partial charge on any atom is -0.507 e. The molecule has 0 aliphatic carbocycles.